The smallest absolute Gasteiger partial charge is 0.140 e. The first kappa shape index (κ1) is 11.0. The van der Waals surface area contributed by atoms with Gasteiger partial charge in [-0.1, -0.05) is 36.4 Å². The van der Waals surface area contributed by atoms with Crippen molar-refractivity contribution in [1.82, 2.24) is 9.55 Å². The number of nitrogens with zero attached hydrogens (tertiary/aromatic N) is 2. The van der Waals surface area contributed by atoms with Gasteiger partial charge in [-0.3, -0.25) is 0 Å². The van der Waals surface area contributed by atoms with Crippen molar-refractivity contribution in [3.63, 3.8) is 0 Å². The Labute approximate surface area is 105 Å². The van der Waals surface area contributed by atoms with Crippen LogP contribution in [0.1, 0.15) is 5.56 Å². The summed E-state index contributed by atoms with van der Waals surface area (Å²) in [7, 11) is 2.01. The minimum atomic E-state index is 0.0488. The molecule has 0 saturated carbocycles. The maximum atomic E-state index is 9.16. The first-order valence-corrected chi connectivity index (χ1v) is 5.91. The van der Waals surface area contributed by atoms with E-state index in [1.54, 1.807) is 0 Å². The Morgan fingerprint density at radius 1 is 1.11 bits per heavy atom. The fourth-order valence-electron chi connectivity index (χ4n) is 2.19. The molecule has 0 aliphatic carbocycles. The second-order valence-electron chi connectivity index (χ2n) is 4.34. The molecule has 0 radical (unpaired) electrons. The van der Waals surface area contributed by atoms with Crippen LogP contribution in [0.4, 0.5) is 0 Å². The zero-order valence-corrected chi connectivity index (χ0v) is 10.2. The molecule has 0 aliphatic heterocycles. The summed E-state index contributed by atoms with van der Waals surface area (Å²) < 4.78 is 2.08. The first-order chi connectivity index (χ1) is 8.79. The molecule has 0 unspecified atom stereocenters. The van der Waals surface area contributed by atoms with Crippen molar-refractivity contribution < 1.29 is 5.11 Å². The Balaban J connectivity index is 2.23. The SMILES string of the molecule is Cn1c(-c2ccccc2)nc2cc(CO)ccc21. The Morgan fingerprint density at radius 3 is 2.61 bits per heavy atom. The van der Waals surface area contributed by atoms with Gasteiger partial charge in [-0.2, -0.15) is 0 Å². The first-order valence-electron chi connectivity index (χ1n) is 5.91. The van der Waals surface area contributed by atoms with Crippen molar-refractivity contribution in [1.29, 1.82) is 0 Å². The van der Waals surface area contributed by atoms with E-state index in [1.165, 1.54) is 0 Å². The van der Waals surface area contributed by atoms with Crippen LogP contribution in [0.25, 0.3) is 22.4 Å². The van der Waals surface area contributed by atoms with Crippen LogP contribution in [0.3, 0.4) is 0 Å². The fraction of sp³-hybridized carbons (Fsp3) is 0.133. The average molecular weight is 238 g/mol. The summed E-state index contributed by atoms with van der Waals surface area (Å²) in [5.41, 5.74) is 3.98. The maximum Gasteiger partial charge on any atom is 0.140 e. The molecule has 90 valence electrons. The molecule has 0 bridgehead atoms. The van der Waals surface area contributed by atoms with Crippen LogP contribution in [0, 0.1) is 0 Å². The van der Waals surface area contributed by atoms with Crippen LogP contribution >= 0.6 is 0 Å². The van der Waals surface area contributed by atoms with Crippen molar-refractivity contribution in [2.75, 3.05) is 0 Å². The van der Waals surface area contributed by atoms with Crippen LogP contribution < -0.4 is 0 Å². The molecule has 0 aliphatic rings. The van der Waals surface area contributed by atoms with Crippen molar-refractivity contribution in [3.05, 3.63) is 54.1 Å². The lowest BCUT2D eigenvalue weighted by Gasteiger charge is -2.01. The quantitative estimate of drug-likeness (QED) is 0.745. The van der Waals surface area contributed by atoms with E-state index < -0.39 is 0 Å². The molecule has 3 rings (SSSR count). The zero-order chi connectivity index (χ0) is 12.5. The van der Waals surface area contributed by atoms with Gasteiger partial charge >= 0.3 is 0 Å². The maximum absolute atomic E-state index is 9.16. The summed E-state index contributed by atoms with van der Waals surface area (Å²) in [5, 5.41) is 9.16. The third-order valence-corrected chi connectivity index (χ3v) is 3.16. The van der Waals surface area contributed by atoms with Gasteiger partial charge in [0.2, 0.25) is 0 Å². The largest absolute Gasteiger partial charge is 0.392 e. The van der Waals surface area contributed by atoms with E-state index in [0.717, 1.165) is 28.0 Å². The van der Waals surface area contributed by atoms with Gasteiger partial charge < -0.3 is 9.67 Å². The molecular formula is C15H14N2O. The molecule has 0 amide bonds. The number of aryl methyl sites for hydroxylation is 1. The molecule has 3 nitrogen and oxygen atoms in total. The minimum absolute atomic E-state index is 0.0488. The van der Waals surface area contributed by atoms with Gasteiger partial charge in [0.25, 0.3) is 0 Å². The summed E-state index contributed by atoms with van der Waals surface area (Å²) in [6, 6.07) is 16.0. The highest BCUT2D eigenvalue weighted by atomic mass is 16.3. The Bertz CT molecular complexity index is 686. The van der Waals surface area contributed by atoms with Gasteiger partial charge in [-0.05, 0) is 17.7 Å². The van der Waals surface area contributed by atoms with E-state index in [2.05, 4.69) is 9.55 Å². The van der Waals surface area contributed by atoms with E-state index >= 15 is 0 Å². The van der Waals surface area contributed by atoms with Gasteiger partial charge in [0.15, 0.2) is 0 Å². The molecule has 1 aromatic heterocycles. The van der Waals surface area contributed by atoms with Crippen LogP contribution in [-0.4, -0.2) is 14.7 Å². The number of aromatic nitrogens is 2. The third kappa shape index (κ3) is 1.69. The number of rotatable bonds is 2. The standard InChI is InChI=1S/C15H14N2O/c1-17-14-8-7-11(10-18)9-13(14)16-15(17)12-5-3-2-4-6-12/h2-9,18H,10H2,1H3. The van der Waals surface area contributed by atoms with Crippen molar-refractivity contribution in [2.24, 2.45) is 7.05 Å². The van der Waals surface area contributed by atoms with Gasteiger partial charge in [0.05, 0.1) is 17.6 Å². The number of fused-ring (bicyclic) bond motifs is 1. The highest BCUT2D eigenvalue weighted by Gasteiger charge is 2.09. The van der Waals surface area contributed by atoms with Crippen LogP contribution in [-0.2, 0) is 13.7 Å². The van der Waals surface area contributed by atoms with Gasteiger partial charge in [0.1, 0.15) is 5.82 Å². The summed E-state index contributed by atoms with van der Waals surface area (Å²) in [6.07, 6.45) is 0. The highest BCUT2D eigenvalue weighted by molar-refractivity contribution is 5.81. The summed E-state index contributed by atoms with van der Waals surface area (Å²) in [6.45, 7) is 0.0488. The number of hydrogen-bond acceptors (Lipinski definition) is 2. The third-order valence-electron chi connectivity index (χ3n) is 3.16. The fourth-order valence-corrected chi connectivity index (χ4v) is 2.19. The van der Waals surface area contributed by atoms with Crippen LogP contribution in [0.5, 0.6) is 0 Å². The molecule has 0 fully saturated rings. The Morgan fingerprint density at radius 2 is 1.89 bits per heavy atom. The summed E-state index contributed by atoms with van der Waals surface area (Å²) in [5.74, 6) is 0.945. The molecule has 0 saturated heterocycles. The number of hydrogen-bond donors (Lipinski definition) is 1. The molecule has 1 N–H and O–H groups in total. The molecule has 0 spiro atoms. The molecule has 3 heteroatoms. The zero-order valence-electron chi connectivity index (χ0n) is 10.2. The highest BCUT2D eigenvalue weighted by Crippen LogP contribution is 2.24. The summed E-state index contributed by atoms with van der Waals surface area (Å²) in [4.78, 5) is 4.64. The lowest BCUT2D eigenvalue weighted by molar-refractivity contribution is 0.282. The van der Waals surface area contributed by atoms with E-state index in [4.69, 9.17) is 5.11 Å². The number of aliphatic hydroxyl groups is 1. The normalized spacial score (nSPS) is 11.0. The monoisotopic (exact) mass is 238 g/mol. The van der Waals surface area contributed by atoms with Crippen molar-refractivity contribution >= 4 is 11.0 Å². The summed E-state index contributed by atoms with van der Waals surface area (Å²) >= 11 is 0. The van der Waals surface area contributed by atoms with Crippen molar-refractivity contribution in [2.45, 2.75) is 6.61 Å². The average Bonchev–Trinajstić information content (AvgIpc) is 2.76. The predicted molar refractivity (Wildman–Crippen MR) is 72.1 cm³/mol. The molecule has 1 heterocycles. The molecule has 0 atom stereocenters. The Kier molecular flexibility index (Phi) is 2.61. The topological polar surface area (TPSA) is 38.0 Å². The van der Waals surface area contributed by atoms with Crippen molar-refractivity contribution in [3.8, 4) is 11.4 Å². The number of imidazole rings is 1. The van der Waals surface area contributed by atoms with E-state index in [-0.39, 0.29) is 6.61 Å². The lowest BCUT2D eigenvalue weighted by atomic mass is 10.2. The van der Waals surface area contributed by atoms with Gasteiger partial charge in [0, 0.05) is 12.6 Å². The minimum Gasteiger partial charge on any atom is -0.392 e. The lowest BCUT2D eigenvalue weighted by Crippen LogP contribution is -1.91. The van der Waals surface area contributed by atoms with Gasteiger partial charge in [-0.15, -0.1) is 0 Å². The predicted octanol–water partition coefficient (Wildman–Crippen LogP) is 2.73. The molecule has 2 aromatic carbocycles. The molecule has 18 heavy (non-hydrogen) atoms. The van der Waals surface area contributed by atoms with Gasteiger partial charge in [-0.25, -0.2) is 4.98 Å². The van der Waals surface area contributed by atoms with E-state index in [9.17, 15) is 0 Å². The van der Waals surface area contributed by atoms with Crippen LogP contribution in [0.15, 0.2) is 48.5 Å². The number of benzene rings is 2. The number of aliphatic hydroxyl groups excluding tert-OH is 1. The Hall–Kier alpha value is -2.13. The molecular weight excluding hydrogens is 224 g/mol. The molecule has 3 aromatic rings. The van der Waals surface area contributed by atoms with E-state index in [0.29, 0.717) is 0 Å². The van der Waals surface area contributed by atoms with E-state index in [1.807, 2.05) is 55.6 Å². The second kappa shape index (κ2) is 4.27. The van der Waals surface area contributed by atoms with Crippen LogP contribution in [0.2, 0.25) is 0 Å². The second-order valence-corrected chi connectivity index (χ2v) is 4.34.